The molecule has 0 aliphatic carbocycles. The topological polar surface area (TPSA) is 59.0 Å². The summed E-state index contributed by atoms with van der Waals surface area (Å²) in [6.45, 7) is 8.61. The summed E-state index contributed by atoms with van der Waals surface area (Å²) in [6, 6.07) is 5.48. The summed E-state index contributed by atoms with van der Waals surface area (Å²) in [6.07, 6.45) is 0. The molecule has 0 spiro atoms. The van der Waals surface area contributed by atoms with Gasteiger partial charge < -0.3 is 4.90 Å². The largest absolute Gasteiger partial charge is 0.336 e. The number of hydrogen-bond acceptors (Lipinski definition) is 5. The molecule has 130 valence electrons. The van der Waals surface area contributed by atoms with E-state index in [4.69, 9.17) is 0 Å². The van der Waals surface area contributed by atoms with Gasteiger partial charge in [0, 0.05) is 23.9 Å². The van der Waals surface area contributed by atoms with Gasteiger partial charge in [-0.1, -0.05) is 13.8 Å². The molecule has 0 bridgehead atoms. The quantitative estimate of drug-likeness (QED) is 0.708. The van der Waals surface area contributed by atoms with E-state index < -0.39 is 0 Å². The lowest BCUT2D eigenvalue weighted by Crippen LogP contribution is -2.26. The van der Waals surface area contributed by atoms with E-state index in [-0.39, 0.29) is 5.91 Å². The Morgan fingerprint density at radius 1 is 1.12 bits per heavy atom. The molecule has 0 saturated heterocycles. The normalized spacial score (nSPS) is 11.3. The number of rotatable bonds is 4. The highest BCUT2D eigenvalue weighted by Crippen LogP contribution is 2.21. The fourth-order valence-corrected chi connectivity index (χ4v) is 3.39. The second-order valence-electron chi connectivity index (χ2n) is 6.59. The average Bonchev–Trinajstić information content (AvgIpc) is 3.03. The number of carbonyl (C=O) groups excluding carboxylic acids is 1. The Hall–Kier alpha value is -2.34. The molecular formula is C19H22N4OS. The van der Waals surface area contributed by atoms with Crippen molar-refractivity contribution in [1.82, 2.24) is 19.9 Å². The van der Waals surface area contributed by atoms with E-state index >= 15 is 0 Å². The number of nitrogens with zero attached hydrogens (tertiary/aromatic N) is 4. The Balaban J connectivity index is 1.81. The van der Waals surface area contributed by atoms with E-state index in [2.05, 4.69) is 28.8 Å². The van der Waals surface area contributed by atoms with Gasteiger partial charge in [0.2, 0.25) is 0 Å². The van der Waals surface area contributed by atoms with E-state index in [1.165, 1.54) is 0 Å². The third-order valence-corrected chi connectivity index (χ3v) is 5.33. The van der Waals surface area contributed by atoms with Crippen LogP contribution in [0, 0.1) is 13.8 Å². The summed E-state index contributed by atoms with van der Waals surface area (Å²) >= 11 is 1.64. The third-order valence-electron chi connectivity index (χ3n) is 4.13. The molecule has 0 fully saturated rings. The van der Waals surface area contributed by atoms with Crippen molar-refractivity contribution < 1.29 is 4.79 Å². The number of aryl methyl sites for hydroxylation is 2. The van der Waals surface area contributed by atoms with Gasteiger partial charge in [0.05, 0.1) is 39.7 Å². The Bertz CT molecular complexity index is 932. The van der Waals surface area contributed by atoms with Crippen molar-refractivity contribution in [3.63, 3.8) is 0 Å². The fraction of sp³-hybridized carbons (Fsp3) is 0.368. The van der Waals surface area contributed by atoms with E-state index in [0.717, 1.165) is 33.1 Å². The number of benzene rings is 1. The van der Waals surface area contributed by atoms with Crippen LogP contribution < -0.4 is 0 Å². The van der Waals surface area contributed by atoms with Crippen LogP contribution in [0.15, 0.2) is 23.6 Å². The summed E-state index contributed by atoms with van der Waals surface area (Å²) in [7, 11) is 1.80. The van der Waals surface area contributed by atoms with Gasteiger partial charge in [-0.25, -0.2) is 15.0 Å². The second-order valence-corrected chi connectivity index (χ2v) is 7.48. The number of hydrogen-bond donors (Lipinski definition) is 0. The minimum Gasteiger partial charge on any atom is -0.336 e. The smallest absolute Gasteiger partial charge is 0.254 e. The Labute approximate surface area is 151 Å². The maximum Gasteiger partial charge on any atom is 0.254 e. The molecule has 6 heteroatoms. The highest BCUT2D eigenvalue weighted by molar-refractivity contribution is 7.09. The second kappa shape index (κ2) is 6.88. The first-order valence-corrected chi connectivity index (χ1v) is 9.18. The maximum atomic E-state index is 12.7. The van der Waals surface area contributed by atoms with Crippen molar-refractivity contribution in [3.8, 4) is 0 Å². The van der Waals surface area contributed by atoms with E-state index in [1.54, 1.807) is 23.3 Å². The minimum absolute atomic E-state index is 0.0407. The first kappa shape index (κ1) is 17.5. The predicted octanol–water partition coefficient (Wildman–Crippen LogP) is 4.10. The number of aromatic nitrogens is 3. The van der Waals surface area contributed by atoms with Crippen molar-refractivity contribution in [2.45, 2.75) is 40.2 Å². The molecule has 2 heterocycles. The summed E-state index contributed by atoms with van der Waals surface area (Å²) in [4.78, 5) is 28.1. The zero-order chi connectivity index (χ0) is 18.1. The first-order valence-electron chi connectivity index (χ1n) is 8.30. The van der Waals surface area contributed by atoms with Crippen LogP contribution in [0.2, 0.25) is 0 Å². The van der Waals surface area contributed by atoms with Crippen molar-refractivity contribution in [2.24, 2.45) is 0 Å². The molecule has 3 aromatic rings. The molecule has 0 unspecified atom stereocenters. The van der Waals surface area contributed by atoms with Crippen LogP contribution in [0.4, 0.5) is 0 Å². The molecule has 25 heavy (non-hydrogen) atoms. The maximum absolute atomic E-state index is 12.7. The number of carbonyl (C=O) groups is 1. The summed E-state index contributed by atoms with van der Waals surface area (Å²) < 4.78 is 0. The monoisotopic (exact) mass is 354 g/mol. The zero-order valence-electron chi connectivity index (χ0n) is 15.2. The minimum atomic E-state index is -0.0407. The molecular weight excluding hydrogens is 332 g/mol. The van der Waals surface area contributed by atoms with Gasteiger partial charge >= 0.3 is 0 Å². The summed E-state index contributed by atoms with van der Waals surface area (Å²) in [5, 5.41) is 3.12. The molecule has 0 aliphatic heterocycles. The van der Waals surface area contributed by atoms with Crippen LogP contribution in [0.1, 0.15) is 52.2 Å². The van der Waals surface area contributed by atoms with Crippen LogP contribution >= 0.6 is 11.3 Å². The van der Waals surface area contributed by atoms with Crippen LogP contribution in [0.25, 0.3) is 11.0 Å². The third kappa shape index (κ3) is 3.69. The SMILES string of the molecule is Cc1nc2ccc(C(=O)N(C)Cc3csc(C(C)C)n3)cc2nc1C. The van der Waals surface area contributed by atoms with E-state index in [1.807, 2.05) is 37.4 Å². The number of fused-ring (bicyclic) bond motifs is 1. The highest BCUT2D eigenvalue weighted by atomic mass is 32.1. The molecule has 2 aromatic heterocycles. The molecule has 0 atom stereocenters. The highest BCUT2D eigenvalue weighted by Gasteiger charge is 2.15. The molecule has 5 nitrogen and oxygen atoms in total. The molecule has 0 N–H and O–H groups in total. The zero-order valence-corrected chi connectivity index (χ0v) is 16.0. The fourth-order valence-electron chi connectivity index (χ4n) is 2.56. The van der Waals surface area contributed by atoms with Crippen LogP contribution in [0.3, 0.4) is 0 Å². The Morgan fingerprint density at radius 3 is 2.44 bits per heavy atom. The lowest BCUT2D eigenvalue weighted by molar-refractivity contribution is 0.0783. The van der Waals surface area contributed by atoms with Crippen molar-refractivity contribution >= 4 is 28.3 Å². The van der Waals surface area contributed by atoms with Gasteiger partial charge in [-0.3, -0.25) is 4.79 Å². The Kier molecular flexibility index (Phi) is 4.81. The lowest BCUT2D eigenvalue weighted by Gasteiger charge is -2.16. The van der Waals surface area contributed by atoms with Gasteiger partial charge in [0.15, 0.2) is 0 Å². The van der Waals surface area contributed by atoms with Crippen molar-refractivity contribution in [3.05, 3.63) is 51.2 Å². The predicted molar refractivity (Wildman–Crippen MR) is 101 cm³/mol. The van der Waals surface area contributed by atoms with Gasteiger partial charge in [-0.05, 0) is 32.0 Å². The van der Waals surface area contributed by atoms with E-state index in [0.29, 0.717) is 18.0 Å². The lowest BCUT2D eigenvalue weighted by atomic mass is 10.1. The molecule has 0 radical (unpaired) electrons. The number of amides is 1. The van der Waals surface area contributed by atoms with Crippen molar-refractivity contribution in [1.29, 1.82) is 0 Å². The summed E-state index contributed by atoms with van der Waals surface area (Å²) in [5.74, 6) is 0.367. The summed E-state index contributed by atoms with van der Waals surface area (Å²) in [5.41, 5.74) is 4.90. The van der Waals surface area contributed by atoms with Crippen LogP contribution in [-0.2, 0) is 6.54 Å². The molecule has 1 aromatic carbocycles. The van der Waals surface area contributed by atoms with Gasteiger partial charge in [-0.2, -0.15) is 0 Å². The molecule has 0 aliphatic rings. The van der Waals surface area contributed by atoms with Gasteiger partial charge in [0.25, 0.3) is 5.91 Å². The van der Waals surface area contributed by atoms with E-state index in [9.17, 15) is 4.79 Å². The number of thiazole rings is 1. The molecule has 0 saturated carbocycles. The molecule has 3 rings (SSSR count). The van der Waals surface area contributed by atoms with Gasteiger partial charge in [0.1, 0.15) is 0 Å². The molecule has 1 amide bonds. The van der Waals surface area contributed by atoms with Gasteiger partial charge in [-0.15, -0.1) is 11.3 Å². The van der Waals surface area contributed by atoms with Crippen LogP contribution in [0.5, 0.6) is 0 Å². The van der Waals surface area contributed by atoms with Crippen molar-refractivity contribution in [2.75, 3.05) is 7.05 Å². The standard InChI is InChI=1S/C19H22N4OS/c1-11(2)18-22-15(10-25-18)9-23(5)19(24)14-6-7-16-17(8-14)21-13(4)12(3)20-16/h6-8,10-11H,9H2,1-5H3. The average molecular weight is 354 g/mol. The van der Waals surface area contributed by atoms with Crippen LogP contribution in [-0.4, -0.2) is 32.8 Å². The first-order chi connectivity index (χ1) is 11.8. The Morgan fingerprint density at radius 2 is 1.80 bits per heavy atom.